The SMILES string of the molecule is COCOc1c(Pc2ccc(C)cc2C=O)cc(C)cc1C(C)(C)C. The Balaban J connectivity index is 2.56. The van der Waals surface area contributed by atoms with Crippen LogP contribution in [0.3, 0.4) is 0 Å². The van der Waals surface area contributed by atoms with E-state index in [9.17, 15) is 4.79 Å². The molecule has 25 heavy (non-hydrogen) atoms. The number of aldehydes is 1. The minimum Gasteiger partial charge on any atom is -0.467 e. The van der Waals surface area contributed by atoms with E-state index in [1.165, 1.54) is 5.56 Å². The number of hydrogen-bond donors (Lipinski definition) is 0. The predicted octanol–water partition coefficient (Wildman–Crippen LogP) is 4.03. The average Bonchev–Trinajstić information content (AvgIpc) is 2.54. The third-order valence-corrected chi connectivity index (χ3v) is 5.33. The summed E-state index contributed by atoms with van der Waals surface area (Å²) in [6.45, 7) is 10.8. The summed E-state index contributed by atoms with van der Waals surface area (Å²) in [5.41, 5.74) is 4.14. The van der Waals surface area contributed by atoms with E-state index in [0.29, 0.717) is 8.58 Å². The standard InChI is InChI=1S/C21H27O3P/c1-14-7-8-18(16(9-14)12-22)25-19-11-15(2)10-17(21(3,4)5)20(19)24-13-23-6/h7-12,25H,13H2,1-6H3. The van der Waals surface area contributed by atoms with Crippen LogP contribution >= 0.6 is 8.58 Å². The van der Waals surface area contributed by atoms with Gasteiger partial charge >= 0.3 is 0 Å². The van der Waals surface area contributed by atoms with Crippen LogP contribution in [0.1, 0.15) is 47.8 Å². The number of methoxy groups -OCH3 is 1. The van der Waals surface area contributed by atoms with Crippen LogP contribution in [-0.2, 0) is 10.2 Å². The minimum atomic E-state index is -0.0465. The van der Waals surface area contributed by atoms with E-state index in [4.69, 9.17) is 9.47 Å². The fraction of sp³-hybridized carbons (Fsp3) is 0.381. The van der Waals surface area contributed by atoms with Crippen molar-refractivity contribution in [3.63, 3.8) is 0 Å². The minimum absolute atomic E-state index is 0.0465. The van der Waals surface area contributed by atoms with Gasteiger partial charge in [-0.15, -0.1) is 0 Å². The lowest BCUT2D eigenvalue weighted by molar-refractivity contribution is 0.0506. The molecule has 2 aromatic carbocycles. The van der Waals surface area contributed by atoms with Crippen LogP contribution in [0.5, 0.6) is 5.75 Å². The van der Waals surface area contributed by atoms with Crippen LogP contribution in [0.4, 0.5) is 0 Å². The van der Waals surface area contributed by atoms with E-state index in [-0.39, 0.29) is 12.2 Å². The van der Waals surface area contributed by atoms with Gasteiger partial charge in [0.15, 0.2) is 13.1 Å². The molecule has 2 rings (SSSR count). The Hall–Kier alpha value is -1.70. The van der Waals surface area contributed by atoms with Gasteiger partial charge in [-0.3, -0.25) is 4.79 Å². The van der Waals surface area contributed by atoms with Crippen LogP contribution in [0, 0.1) is 13.8 Å². The Labute approximate surface area is 152 Å². The average molecular weight is 358 g/mol. The lowest BCUT2D eigenvalue weighted by Crippen LogP contribution is -2.21. The second-order valence-electron chi connectivity index (χ2n) is 7.32. The first-order valence-corrected chi connectivity index (χ1v) is 9.36. The predicted molar refractivity (Wildman–Crippen MR) is 107 cm³/mol. The fourth-order valence-corrected chi connectivity index (χ4v) is 4.09. The quantitative estimate of drug-likeness (QED) is 0.444. The summed E-state index contributed by atoms with van der Waals surface area (Å²) in [4.78, 5) is 11.5. The van der Waals surface area contributed by atoms with Crippen molar-refractivity contribution >= 4 is 25.5 Å². The number of benzene rings is 2. The molecule has 0 N–H and O–H groups in total. The van der Waals surface area contributed by atoms with Crippen molar-refractivity contribution in [3.05, 3.63) is 52.6 Å². The van der Waals surface area contributed by atoms with Crippen molar-refractivity contribution in [2.75, 3.05) is 13.9 Å². The molecule has 0 aliphatic heterocycles. The van der Waals surface area contributed by atoms with Gasteiger partial charge in [-0.1, -0.05) is 53.1 Å². The highest BCUT2D eigenvalue weighted by Crippen LogP contribution is 2.34. The number of hydrogen-bond acceptors (Lipinski definition) is 3. The molecule has 0 aliphatic rings. The third-order valence-electron chi connectivity index (χ3n) is 3.97. The van der Waals surface area contributed by atoms with E-state index in [0.717, 1.165) is 39.3 Å². The van der Waals surface area contributed by atoms with Crippen molar-refractivity contribution in [2.45, 2.75) is 40.0 Å². The van der Waals surface area contributed by atoms with Crippen molar-refractivity contribution in [1.29, 1.82) is 0 Å². The first-order chi connectivity index (χ1) is 11.8. The van der Waals surface area contributed by atoms with Gasteiger partial charge < -0.3 is 9.47 Å². The fourth-order valence-electron chi connectivity index (χ4n) is 2.74. The van der Waals surface area contributed by atoms with E-state index in [1.54, 1.807) is 7.11 Å². The van der Waals surface area contributed by atoms with Gasteiger partial charge in [-0.25, -0.2) is 0 Å². The van der Waals surface area contributed by atoms with Crippen LogP contribution in [0.25, 0.3) is 0 Å². The number of carbonyl (C=O) groups excluding carboxylic acids is 1. The first-order valence-electron chi connectivity index (χ1n) is 8.36. The summed E-state index contributed by atoms with van der Waals surface area (Å²) in [6.07, 6.45) is 0.936. The second kappa shape index (κ2) is 8.12. The molecule has 0 fully saturated rings. The van der Waals surface area contributed by atoms with Gasteiger partial charge in [0.1, 0.15) is 5.75 Å². The van der Waals surface area contributed by atoms with Gasteiger partial charge in [-0.2, -0.15) is 0 Å². The molecular weight excluding hydrogens is 331 g/mol. The van der Waals surface area contributed by atoms with Crippen molar-refractivity contribution in [2.24, 2.45) is 0 Å². The molecule has 0 saturated carbocycles. The maximum absolute atomic E-state index is 11.5. The summed E-state index contributed by atoms with van der Waals surface area (Å²) in [6, 6.07) is 10.3. The Morgan fingerprint density at radius 1 is 1.04 bits per heavy atom. The summed E-state index contributed by atoms with van der Waals surface area (Å²) in [5.74, 6) is 0.871. The van der Waals surface area contributed by atoms with E-state index in [1.807, 2.05) is 25.1 Å². The molecule has 0 amide bonds. The zero-order valence-electron chi connectivity index (χ0n) is 15.9. The molecule has 3 nitrogen and oxygen atoms in total. The van der Waals surface area contributed by atoms with Gasteiger partial charge in [0.05, 0.1) is 0 Å². The molecule has 4 heteroatoms. The highest BCUT2D eigenvalue weighted by Gasteiger charge is 2.23. The maximum atomic E-state index is 11.5. The third kappa shape index (κ3) is 4.90. The Bertz CT molecular complexity index is 760. The lowest BCUT2D eigenvalue weighted by atomic mass is 9.85. The monoisotopic (exact) mass is 358 g/mol. The second-order valence-corrected chi connectivity index (χ2v) is 8.65. The number of rotatable bonds is 6. The van der Waals surface area contributed by atoms with Gasteiger partial charge in [0, 0.05) is 23.5 Å². The Morgan fingerprint density at radius 2 is 1.76 bits per heavy atom. The number of carbonyl (C=O) groups is 1. The molecule has 2 aromatic rings. The van der Waals surface area contributed by atoms with E-state index >= 15 is 0 Å². The molecule has 0 radical (unpaired) electrons. The largest absolute Gasteiger partial charge is 0.467 e. The molecule has 0 bridgehead atoms. The van der Waals surface area contributed by atoms with E-state index in [2.05, 4.69) is 39.8 Å². The molecule has 1 unspecified atom stereocenters. The van der Waals surface area contributed by atoms with Crippen molar-refractivity contribution < 1.29 is 14.3 Å². The topological polar surface area (TPSA) is 35.5 Å². The maximum Gasteiger partial charge on any atom is 0.188 e. The first kappa shape index (κ1) is 19.6. The summed E-state index contributed by atoms with van der Waals surface area (Å²) < 4.78 is 11.1. The van der Waals surface area contributed by atoms with Gasteiger partial charge in [0.25, 0.3) is 0 Å². The molecular formula is C21H27O3P. The Kier molecular flexibility index (Phi) is 6.37. The highest BCUT2D eigenvalue weighted by atomic mass is 31.1. The molecule has 1 atom stereocenters. The number of aryl methyl sites for hydroxylation is 2. The number of ether oxygens (including phenoxy) is 2. The Morgan fingerprint density at radius 3 is 2.36 bits per heavy atom. The van der Waals surface area contributed by atoms with Gasteiger partial charge in [-0.05, 0) is 42.3 Å². The van der Waals surface area contributed by atoms with Crippen molar-refractivity contribution in [1.82, 2.24) is 0 Å². The summed E-state index contributed by atoms with van der Waals surface area (Å²) >= 11 is 0. The zero-order chi connectivity index (χ0) is 18.6. The molecule has 134 valence electrons. The van der Waals surface area contributed by atoms with Gasteiger partial charge in [0.2, 0.25) is 0 Å². The normalized spacial score (nSPS) is 11.9. The summed E-state index contributed by atoms with van der Waals surface area (Å²) in [7, 11) is 1.97. The lowest BCUT2D eigenvalue weighted by Gasteiger charge is -2.25. The molecule has 0 spiro atoms. The van der Waals surface area contributed by atoms with Crippen LogP contribution in [0.15, 0.2) is 30.3 Å². The molecule has 0 heterocycles. The van der Waals surface area contributed by atoms with Crippen molar-refractivity contribution in [3.8, 4) is 5.75 Å². The molecule has 0 saturated heterocycles. The zero-order valence-corrected chi connectivity index (χ0v) is 16.9. The van der Waals surface area contributed by atoms with E-state index < -0.39 is 0 Å². The smallest absolute Gasteiger partial charge is 0.188 e. The highest BCUT2D eigenvalue weighted by molar-refractivity contribution is 7.56. The molecule has 0 aromatic heterocycles. The van der Waals surface area contributed by atoms with Crippen LogP contribution < -0.4 is 15.3 Å². The summed E-state index contributed by atoms with van der Waals surface area (Å²) in [5, 5.41) is 2.14. The van der Waals surface area contributed by atoms with Crippen LogP contribution in [0.2, 0.25) is 0 Å². The van der Waals surface area contributed by atoms with Crippen LogP contribution in [-0.4, -0.2) is 20.2 Å². The molecule has 0 aliphatic carbocycles.